The van der Waals surface area contributed by atoms with Crippen LogP contribution < -0.4 is 5.32 Å². The number of hydrogen-bond donors (Lipinski definition) is 1. The fourth-order valence-corrected chi connectivity index (χ4v) is 4.89. The molecule has 0 radical (unpaired) electrons. The molecule has 0 unspecified atom stereocenters. The summed E-state index contributed by atoms with van der Waals surface area (Å²) in [4.78, 5) is 25.4. The lowest BCUT2D eigenvalue weighted by Gasteiger charge is -2.38. The summed E-state index contributed by atoms with van der Waals surface area (Å²) in [6, 6.07) is 38.5. The van der Waals surface area contributed by atoms with Crippen molar-refractivity contribution >= 4 is 11.9 Å². The Kier molecular flexibility index (Phi) is 9.65. The topological polar surface area (TPSA) is 64.6 Å². The molecule has 0 saturated carbocycles. The van der Waals surface area contributed by atoms with E-state index in [2.05, 4.69) is 5.32 Å². The monoisotopic (exact) mass is 521 g/mol. The highest BCUT2D eigenvalue weighted by atomic mass is 16.5. The van der Waals surface area contributed by atoms with Crippen molar-refractivity contribution in [2.75, 3.05) is 6.61 Å². The number of hydrogen-bond acceptors (Lipinski definition) is 4. The van der Waals surface area contributed by atoms with Gasteiger partial charge in [0.15, 0.2) is 0 Å². The summed E-state index contributed by atoms with van der Waals surface area (Å²) in [5.74, 6) is -0.643. The Bertz CT molecular complexity index is 1210. The average molecular weight is 522 g/mol. The van der Waals surface area contributed by atoms with Gasteiger partial charge >= 0.3 is 5.97 Å². The molecule has 0 aromatic heterocycles. The van der Waals surface area contributed by atoms with Gasteiger partial charge in [0.25, 0.3) is 0 Å². The van der Waals surface area contributed by atoms with Crippen LogP contribution in [0.2, 0.25) is 0 Å². The van der Waals surface area contributed by atoms with Gasteiger partial charge in [-0.1, -0.05) is 123 Å². The highest BCUT2D eigenvalue weighted by Gasteiger charge is 2.39. The van der Waals surface area contributed by atoms with Crippen LogP contribution in [0.5, 0.6) is 0 Å². The minimum absolute atomic E-state index is 0.116. The first kappa shape index (κ1) is 27.8. The molecule has 0 bridgehead atoms. The standard InChI is InChI=1S/C34H35NO4/c1-3-16-32(39-33(37)27-17-8-4-9-18-27)31(35-26(2)36)25-38-34(28-19-10-5-11-20-28,29-21-12-6-13-22-29)30-23-14-7-15-24-30/h4-15,17-24,31-32H,3,16,25H2,1-2H3,(H,35,36)/t31-,32+/m0/s1. The largest absolute Gasteiger partial charge is 0.456 e. The summed E-state index contributed by atoms with van der Waals surface area (Å²) in [6.45, 7) is 3.61. The number of amides is 1. The maximum Gasteiger partial charge on any atom is 0.338 e. The Morgan fingerprint density at radius 3 is 1.56 bits per heavy atom. The molecular weight excluding hydrogens is 486 g/mol. The molecule has 0 fully saturated rings. The smallest absolute Gasteiger partial charge is 0.338 e. The van der Waals surface area contributed by atoms with Crippen molar-refractivity contribution in [2.45, 2.75) is 44.4 Å². The first-order valence-electron chi connectivity index (χ1n) is 13.4. The van der Waals surface area contributed by atoms with Crippen LogP contribution in [0.15, 0.2) is 121 Å². The van der Waals surface area contributed by atoms with Gasteiger partial charge in [0.2, 0.25) is 5.91 Å². The number of carbonyl (C=O) groups excluding carboxylic acids is 2. The van der Waals surface area contributed by atoms with Gasteiger partial charge < -0.3 is 14.8 Å². The molecule has 4 aromatic carbocycles. The van der Waals surface area contributed by atoms with Gasteiger partial charge in [0.1, 0.15) is 11.7 Å². The molecule has 0 aliphatic rings. The van der Waals surface area contributed by atoms with E-state index in [4.69, 9.17) is 9.47 Å². The van der Waals surface area contributed by atoms with E-state index in [0.29, 0.717) is 12.0 Å². The van der Waals surface area contributed by atoms with Gasteiger partial charge in [-0.3, -0.25) is 4.79 Å². The van der Waals surface area contributed by atoms with Gasteiger partial charge in [-0.2, -0.15) is 0 Å². The fraction of sp³-hybridized carbons (Fsp3) is 0.235. The molecule has 39 heavy (non-hydrogen) atoms. The number of nitrogens with one attached hydrogen (secondary N) is 1. The van der Waals surface area contributed by atoms with E-state index in [1.807, 2.05) is 104 Å². The zero-order valence-corrected chi connectivity index (χ0v) is 22.5. The minimum Gasteiger partial charge on any atom is -0.456 e. The summed E-state index contributed by atoms with van der Waals surface area (Å²) >= 11 is 0. The molecule has 1 N–H and O–H groups in total. The molecular formula is C34H35NO4. The molecule has 1 amide bonds. The zero-order valence-electron chi connectivity index (χ0n) is 22.5. The molecule has 4 rings (SSSR count). The molecule has 5 nitrogen and oxygen atoms in total. The van der Waals surface area contributed by atoms with E-state index in [-0.39, 0.29) is 12.5 Å². The predicted octanol–water partition coefficient (Wildman–Crippen LogP) is 6.53. The van der Waals surface area contributed by atoms with E-state index in [1.54, 1.807) is 24.3 Å². The summed E-state index contributed by atoms with van der Waals surface area (Å²) in [6.07, 6.45) is 0.762. The number of ether oxygens (including phenoxy) is 2. The molecule has 0 saturated heterocycles. The van der Waals surface area contributed by atoms with Crippen LogP contribution in [0, 0.1) is 0 Å². The maximum atomic E-state index is 13.0. The molecule has 5 heteroatoms. The van der Waals surface area contributed by atoms with Crippen molar-refractivity contribution in [1.29, 1.82) is 0 Å². The van der Waals surface area contributed by atoms with Crippen molar-refractivity contribution < 1.29 is 19.1 Å². The van der Waals surface area contributed by atoms with Gasteiger partial charge in [-0.05, 0) is 35.2 Å². The summed E-state index contributed by atoms with van der Waals surface area (Å²) < 4.78 is 12.9. The van der Waals surface area contributed by atoms with Crippen molar-refractivity contribution in [3.8, 4) is 0 Å². The maximum absolute atomic E-state index is 13.0. The highest BCUT2D eigenvalue weighted by Crippen LogP contribution is 2.40. The molecule has 4 aromatic rings. The number of rotatable bonds is 12. The second kappa shape index (κ2) is 13.5. The van der Waals surface area contributed by atoms with E-state index in [0.717, 1.165) is 23.1 Å². The van der Waals surface area contributed by atoms with Gasteiger partial charge in [-0.25, -0.2) is 4.79 Å². The third-order valence-corrected chi connectivity index (χ3v) is 6.70. The molecule has 2 atom stereocenters. The van der Waals surface area contributed by atoms with Crippen molar-refractivity contribution in [2.24, 2.45) is 0 Å². The quantitative estimate of drug-likeness (QED) is 0.170. The highest BCUT2D eigenvalue weighted by molar-refractivity contribution is 5.89. The Labute approximate surface area is 230 Å². The average Bonchev–Trinajstić information content (AvgIpc) is 2.98. The van der Waals surface area contributed by atoms with Crippen LogP contribution in [0.25, 0.3) is 0 Å². The predicted molar refractivity (Wildman–Crippen MR) is 153 cm³/mol. The lowest BCUT2D eigenvalue weighted by molar-refractivity contribution is -0.122. The van der Waals surface area contributed by atoms with Crippen molar-refractivity contribution in [3.05, 3.63) is 144 Å². The van der Waals surface area contributed by atoms with Crippen molar-refractivity contribution in [1.82, 2.24) is 5.32 Å². The minimum atomic E-state index is -0.958. The summed E-state index contributed by atoms with van der Waals surface area (Å²) in [7, 11) is 0. The van der Waals surface area contributed by atoms with Crippen LogP contribution in [0.4, 0.5) is 0 Å². The van der Waals surface area contributed by atoms with Gasteiger partial charge in [-0.15, -0.1) is 0 Å². The Morgan fingerprint density at radius 2 is 1.15 bits per heavy atom. The zero-order chi connectivity index (χ0) is 27.5. The Hall–Kier alpha value is -4.22. The summed E-state index contributed by atoms with van der Waals surface area (Å²) in [5.41, 5.74) is 2.38. The molecule has 0 aliphatic heterocycles. The Morgan fingerprint density at radius 1 is 0.718 bits per heavy atom. The third-order valence-electron chi connectivity index (χ3n) is 6.70. The molecule has 0 heterocycles. The summed E-state index contributed by atoms with van der Waals surface area (Å²) in [5, 5.41) is 3.01. The SMILES string of the molecule is CCC[C@@H](OC(=O)c1ccccc1)[C@H](COC(c1ccccc1)(c1ccccc1)c1ccccc1)NC(C)=O. The van der Waals surface area contributed by atoms with Crippen LogP contribution in [-0.4, -0.2) is 30.6 Å². The number of esters is 1. The number of carbonyl (C=O) groups is 2. The lowest BCUT2D eigenvalue weighted by atomic mass is 9.80. The molecule has 0 spiro atoms. The number of benzene rings is 4. The van der Waals surface area contributed by atoms with E-state index < -0.39 is 23.7 Å². The normalized spacial score (nSPS) is 12.8. The molecule has 0 aliphatic carbocycles. The first-order chi connectivity index (χ1) is 19.0. The second-order valence-corrected chi connectivity index (χ2v) is 9.50. The van der Waals surface area contributed by atoms with Crippen LogP contribution in [-0.2, 0) is 19.9 Å². The fourth-order valence-electron chi connectivity index (χ4n) is 4.89. The third kappa shape index (κ3) is 6.81. The molecule has 200 valence electrons. The van der Waals surface area contributed by atoms with E-state index >= 15 is 0 Å². The van der Waals surface area contributed by atoms with E-state index in [1.165, 1.54) is 6.92 Å². The van der Waals surface area contributed by atoms with Crippen LogP contribution >= 0.6 is 0 Å². The van der Waals surface area contributed by atoms with Crippen molar-refractivity contribution in [3.63, 3.8) is 0 Å². The lowest BCUT2D eigenvalue weighted by Crippen LogP contribution is -2.49. The van der Waals surface area contributed by atoms with E-state index in [9.17, 15) is 9.59 Å². The van der Waals surface area contributed by atoms with Gasteiger partial charge in [0.05, 0.1) is 18.2 Å². The van der Waals surface area contributed by atoms with Crippen LogP contribution in [0.1, 0.15) is 53.7 Å². The second-order valence-electron chi connectivity index (χ2n) is 9.50. The van der Waals surface area contributed by atoms with Crippen LogP contribution in [0.3, 0.4) is 0 Å². The first-order valence-corrected chi connectivity index (χ1v) is 13.4. The van der Waals surface area contributed by atoms with Gasteiger partial charge in [0, 0.05) is 6.92 Å². The Balaban J connectivity index is 1.74.